The summed E-state index contributed by atoms with van der Waals surface area (Å²) in [6.07, 6.45) is 23.1. The van der Waals surface area contributed by atoms with Crippen LogP contribution < -0.4 is 5.32 Å². The van der Waals surface area contributed by atoms with Crippen LogP contribution >= 0.6 is 0 Å². The molecule has 1 unspecified atom stereocenters. The molecule has 10 nitrogen and oxygen atoms in total. The summed E-state index contributed by atoms with van der Waals surface area (Å²) in [5.74, 6) is 0.973. The molecule has 1 heterocycles. The lowest BCUT2D eigenvalue weighted by molar-refractivity contribution is -0.302. The summed E-state index contributed by atoms with van der Waals surface area (Å²) >= 11 is 0. The lowest BCUT2D eigenvalue weighted by Crippen LogP contribution is -2.60. The predicted octanol–water partition coefficient (Wildman–Crippen LogP) is 7.63. The lowest BCUT2D eigenvalue weighted by atomic mass is 9.99. The Hall–Kier alpha value is -1.11. The lowest BCUT2D eigenvalue weighted by Gasteiger charge is -2.40. The summed E-state index contributed by atoms with van der Waals surface area (Å²) in [7, 11) is 0. The second kappa shape index (κ2) is 32.9. The van der Waals surface area contributed by atoms with E-state index >= 15 is 0 Å². The first kappa shape index (κ1) is 50.9. The van der Waals surface area contributed by atoms with E-state index in [-0.39, 0.29) is 6.61 Å². The molecule has 1 saturated heterocycles. The first-order chi connectivity index (χ1) is 26.0. The van der Waals surface area contributed by atoms with E-state index in [1.54, 1.807) is 6.08 Å². The molecule has 1 aliphatic heterocycles. The number of rotatable bonds is 35. The Morgan fingerprint density at radius 1 is 0.630 bits per heavy atom. The van der Waals surface area contributed by atoms with Crippen molar-refractivity contribution in [2.45, 2.75) is 237 Å². The van der Waals surface area contributed by atoms with Crippen molar-refractivity contribution >= 4 is 5.91 Å². The van der Waals surface area contributed by atoms with Crippen LogP contribution in [0, 0.1) is 11.8 Å². The van der Waals surface area contributed by atoms with Gasteiger partial charge >= 0.3 is 0 Å². The van der Waals surface area contributed by atoms with Crippen LogP contribution in [0.5, 0.6) is 0 Å². The summed E-state index contributed by atoms with van der Waals surface area (Å²) in [5.41, 5.74) is 0. The van der Waals surface area contributed by atoms with Gasteiger partial charge in [-0.05, 0) is 31.1 Å². The van der Waals surface area contributed by atoms with Gasteiger partial charge in [0.25, 0.3) is 0 Å². The summed E-state index contributed by atoms with van der Waals surface area (Å²) in [6, 6.07) is -0.976. The number of ether oxygens (including phenoxy) is 2. The van der Waals surface area contributed by atoms with Crippen LogP contribution in [0.4, 0.5) is 0 Å². The van der Waals surface area contributed by atoms with Crippen molar-refractivity contribution in [2.75, 3.05) is 13.2 Å². The number of amides is 1. The van der Waals surface area contributed by atoms with Gasteiger partial charge in [-0.3, -0.25) is 4.79 Å². The minimum absolute atomic E-state index is 0.304. The molecule has 0 aromatic heterocycles. The van der Waals surface area contributed by atoms with Gasteiger partial charge in [0.2, 0.25) is 5.91 Å². The second-order valence-electron chi connectivity index (χ2n) is 16.9. The Bertz CT molecular complexity index is 901. The fourth-order valence-electron chi connectivity index (χ4n) is 7.12. The molecule has 10 heteroatoms. The van der Waals surface area contributed by atoms with Gasteiger partial charge in [-0.1, -0.05) is 181 Å². The van der Waals surface area contributed by atoms with Gasteiger partial charge < -0.3 is 45.4 Å². The normalized spacial score (nSPS) is 22.3. The average molecular weight is 772 g/mol. The van der Waals surface area contributed by atoms with Gasteiger partial charge in [-0.2, -0.15) is 0 Å². The minimum atomic E-state index is -1.61. The first-order valence-corrected chi connectivity index (χ1v) is 22.2. The molecule has 1 fully saturated rings. The van der Waals surface area contributed by atoms with Crippen LogP contribution in [-0.4, -0.2) is 98.7 Å². The van der Waals surface area contributed by atoms with Gasteiger partial charge in [-0.15, -0.1) is 0 Å². The van der Waals surface area contributed by atoms with Crippen LogP contribution in [0.15, 0.2) is 12.2 Å². The molecule has 1 rings (SSSR count). The molecule has 0 aromatic carbocycles. The van der Waals surface area contributed by atoms with E-state index in [2.05, 4.69) is 33.0 Å². The van der Waals surface area contributed by atoms with Gasteiger partial charge in [0.15, 0.2) is 6.29 Å². The molecule has 8 atom stereocenters. The molecular weight excluding hydrogens is 686 g/mol. The van der Waals surface area contributed by atoms with E-state index in [1.807, 2.05) is 6.08 Å². The Morgan fingerprint density at radius 3 is 1.50 bits per heavy atom. The minimum Gasteiger partial charge on any atom is -0.394 e. The SMILES string of the molecule is CC(C)CCCCCCCCC/C=C/[C@@H](O)[C@H](CO[C@@H]1O[C@H](CO)[C@@H](O)[C@H](O)[C@H]1O)NC(=O)C(O)CCCCCCCCCCCCCCCCC(C)C. The summed E-state index contributed by atoms with van der Waals surface area (Å²) < 4.78 is 11.1. The number of aliphatic hydroxyl groups is 6. The zero-order valence-electron chi connectivity index (χ0n) is 34.9. The van der Waals surface area contributed by atoms with Gasteiger partial charge in [0.05, 0.1) is 25.4 Å². The van der Waals surface area contributed by atoms with E-state index in [0.717, 1.165) is 56.8 Å². The molecule has 0 spiro atoms. The van der Waals surface area contributed by atoms with E-state index in [0.29, 0.717) is 6.42 Å². The molecule has 0 radical (unpaired) electrons. The highest BCUT2D eigenvalue weighted by Gasteiger charge is 2.44. The number of carbonyl (C=O) groups is 1. The fourth-order valence-corrected chi connectivity index (χ4v) is 7.12. The molecular formula is C44H85NO9. The zero-order chi connectivity index (χ0) is 40.0. The number of unbranched alkanes of at least 4 members (excludes halogenated alkanes) is 20. The van der Waals surface area contributed by atoms with Crippen molar-refractivity contribution in [1.29, 1.82) is 0 Å². The van der Waals surface area contributed by atoms with Gasteiger partial charge in [0, 0.05) is 0 Å². The maximum absolute atomic E-state index is 13.0. The molecule has 0 saturated carbocycles. The molecule has 320 valence electrons. The number of aliphatic hydroxyl groups excluding tert-OH is 6. The molecule has 1 aliphatic rings. The largest absolute Gasteiger partial charge is 0.394 e. The zero-order valence-corrected chi connectivity index (χ0v) is 34.9. The third-order valence-electron chi connectivity index (χ3n) is 10.8. The number of hydrogen-bond acceptors (Lipinski definition) is 9. The number of allylic oxidation sites excluding steroid dienone is 1. The van der Waals surface area contributed by atoms with Crippen LogP contribution in [0.3, 0.4) is 0 Å². The number of carbonyl (C=O) groups excluding carboxylic acids is 1. The van der Waals surface area contributed by atoms with Crippen molar-refractivity contribution in [1.82, 2.24) is 5.32 Å². The fraction of sp³-hybridized carbons (Fsp3) is 0.932. The summed E-state index contributed by atoms with van der Waals surface area (Å²) in [4.78, 5) is 13.0. The predicted molar refractivity (Wildman–Crippen MR) is 218 cm³/mol. The Kier molecular flexibility index (Phi) is 31.0. The van der Waals surface area contributed by atoms with Gasteiger partial charge in [-0.25, -0.2) is 0 Å². The standard InChI is InChI=1S/C44H85NO9/c1-34(2)28-24-20-16-12-9-7-5-6-8-10-14-19-23-27-31-38(48)43(52)45-36(33-53-44-42(51)41(50)40(49)39(32-46)54-44)37(47)30-26-22-18-15-11-13-17-21-25-29-35(3)4/h26,30,34-42,44,46-51H,5-25,27-29,31-33H2,1-4H3,(H,45,52)/b30-26+/t36-,37+,38?,39+,40+,41-,42+,44+/m0/s1. The highest BCUT2D eigenvalue weighted by atomic mass is 16.7. The molecule has 0 aliphatic carbocycles. The Morgan fingerprint density at radius 2 is 1.06 bits per heavy atom. The molecule has 7 N–H and O–H groups in total. The van der Waals surface area contributed by atoms with Crippen molar-refractivity contribution in [3.63, 3.8) is 0 Å². The Labute approximate surface area is 329 Å². The molecule has 1 amide bonds. The topological polar surface area (TPSA) is 169 Å². The first-order valence-electron chi connectivity index (χ1n) is 22.2. The highest BCUT2D eigenvalue weighted by Crippen LogP contribution is 2.23. The number of hydrogen-bond donors (Lipinski definition) is 7. The monoisotopic (exact) mass is 772 g/mol. The summed E-state index contributed by atoms with van der Waals surface area (Å²) in [5, 5.41) is 64.5. The molecule has 0 aromatic rings. The summed E-state index contributed by atoms with van der Waals surface area (Å²) in [6.45, 7) is 8.23. The van der Waals surface area contributed by atoms with Crippen molar-refractivity contribution in [3.8, 4) is 0 Å². The maximum Gasteiger partial charge on any atom is 0.249 e. The number of nitrogens with one attached hydrogen (secondary N) is 1. The van der Waals surface area contributed by atoms with Crippen LogP contribution in [0.25, 0.3) is 0 Å². The van der Waals surface area contributed by atoms with Gasteiger partial charge in [0.1, 0.15) is 30.5 Å². The smallest absolute Gasteiger partial charge is 0.249 e. The van der Waals surface area contributed by atoms with Crippen LogP contribution in [0.2, 0.25) is 0 Å². The maximum atomic E-state index is 13.0. The van der Waals surface area contributed by atoms with E-state index in [4.69, 9.17) is 9.47 Å². The van der Waals surface area contributed by atoms with Crippen molar-refractivity contribution < 1.29 is 44.9 Å². The quantitative estimate of drug-likeness (QED) is 0.0253. The van der Waals surface area contributed by atoms with Crippen molar-refractivity contribution in [3.05, 3.63) is 12.2 Å². The average Bonchev–Trinajstić information content (AvgIpc) is 3.14. The molecule has 54 heavy (non-hydrogen) atoms. The van der Waals surface area contributed by atoms with Crippen LogP contribution in [0.1, 0.15) is 188 Å². The Balaban J connectivity index is 2.42. The molecule has 0 bridgehead atoms. The van der Waals surface area contributed by atoms with E-state index in [1.165, 1.54) is 109 Å². The van der Waals surface area contributed by atoms with E-state index in [9.17, 15) is 35.4 Å². The highest BCUT2D eigenvalue weighted by molar-refractivity contribution is 5.80. The second-order valence-corrected chi connectivity index (χ2v) is 16.9. The third-order valence-corrected chi connectivity index (χ3v) is 10.8. The third kappa shape index (κ3) is 25.2. The van der Waals surface area contributed by atoms with Crippen LogP contribution in [-0.2, 0) is 14.3 Å². The van der Waals surface area contributed by atoms with Crippen molar-refractivity contribution in [2.24, 2.45) is 11.8 Å². The van der Waals surface area contributed by atoms with E-state index < -0.39 is 61.5 Å².